The molecule has 0 unspecified atom stereocenters. The van der Waals surface area contributed by atoms with E-state index in [-0.39, 0.29) is 16.7 Å². The molecule has 5 nitrogen and oxygen atoms in total. The summed E-state index contributed by atoms with van der Waals surface area (Å²) in [6.07, 6.45) is 0. The number of esters is 2. The third kappa shape index (κ3) is 1.31. The molecule has 0 saturated carbocycles. The zero-order chi connectivity index (χ0) is 12.9. The lowest BCUT2D eigenvalue weighted by atomic mass is 9.96. The van der Waals surface area contributed by atoms with Crippen LogP contribution >= 0.6 is 0 Å². The van der Waals surface area contributed by atoms with Crippen LogP contribution in [0.25, 0.3) is 10.8 Å². The molecular weight excluding hydrogens is 236 g/mol. The van der Waals surface area contributed by atoms with Gasteiger partial charge in [-0.2, -0.15) is 0 Å². The van der Waals surface area contributed by atoms with Gasteiger partial charge in [-0.3, -0.25) is 0 Å². The van der Waals surface area contributed by atoms with Crippen LogP contribution in [-0.4, -0.2) is 23.0 Å². The third-order valence-corrected chi connectivity index (χ3v) is 2.87. The van der Waals surface area contributed by atoms with Gasteiger partial charge in [0.1, 0.15) is 0 Å². The van der Waals surface area contributed by atoms with Crippen molar-refractivity contribution in [3.05, 3.63) is 47.0 Å². The SMILES string of the molecule is O=C(O)c1cc2c3cccc2cc1C(=O)OC3=O. The molecule has 0 aliphatic carbocycles. The summed E-state index contributed by atoms with van der Waals surface area (Å²) in [5.74, 6) is -2.93. The average molecular weight is 242 g/mol. The Hall–Kier alpha value is -2.69. The number of hydrogen-bond acceptors (Lipinski definition) is 4. The lowest BCUT2D eigenvalue weighted by molar-refractivity contribution is 0.0392. The van der Waals surface area contributed by atoms with E-state index in [0.29, 0.717) is 10.8 Å². The number of fused-ring (bicyclic) bond motifs is 3. The summed E-state index contributed by atoms with van der Waals surface area (Å²) in [6.45, 7) is 0. The van der Waals surface area contributed by atoms with Crippen LogP contribution in [0.4, 0.5) is 0 Å². The number of benzene rings is 2. The first kappa shape index (κ1) is 10.5. The fraction of sp³-hybridized carbons (Fsp3) is 0. The Balaban J connectivity index is 2.52. The Labute approximate surface area is 101 Å². The largest absolute Gasteiger partial charge is 0.478 e. The first-order valence-electron chi connectivity index (χ1n) is 5.14. The van der Waals surface area contributed by atoms with E-state index in [1.165, 1.54) is 18.2 Å². The van der Waals surface area contributed by atoms with Gasteiger partial charge in [-0.05, 0) is 29.0 Å². The highest BCUT2D eigenvalue weighted by Gasteiger charge is 2.26. The van der Waals surface area contributed by atoms with E-state index >= 15 is 0 Å². The summed E-state index contributed by atoms with van der Waals surface area (Å²) in [4.78, 5) is 34.5. The van der Waals surface area contributed by atoms with E-state index < -0.39 is 17.9 Å². The van der Waals surface area contributed by atoms with E-state index in [4.69, 9.17) is 5.11 Å². The molecule has 0 amide bonds. The Morgan fingerprint density at radius 3 is 2.50 bits per heavy atom. The maximum Gasteiger partial charge on any atom is 0.346 e. The first-order valence-corrected chi connectivity index (χ1v) is 5.14. The number of hydrogen-bond donors (Lipinski definition) is 1. The number of aromatic carboxylic acids is 1. The zero-order valence-corrected chi connectivity index (χ0v) is 8.97. The molecule has 5 heteroatoms. The van der Waals surface area contributed by atoms with Gasteiger partial charge in [-0.15, -0.1) is 0 Å². The van der Waals surface area contributed by atoms with E-state index in [0.717, 1.165) is 0 Å². The Morgan fingerprint density at radius 2 is 1.78 bits per heavy atom. The van der Waals surface area contributed by atoms with Crippen molar-refractivity contribution in [2.45, 2.75) is 0 Å². The highest BCUT2D eigenvalue weighted by Crippen LogP contribution is 2.27. The van der Waals surface area contributed by atoms with Crippen LogP contribution in [0.2, 0.25) is 0 Å². The number of rotatable bonds is 1. The van der Waals surface area contributed by atoms with Crippen LogP contribution in [0.5, 0.6) is 0 Å². The fourth-order valence-corrected chi connectivity index (χ4v) is 2.04. The topological polar surface area (TPSA) is 80.7 Å². The van der Waals surface area contributed by atoms with Crippen molar-refractivity contribution in [3.8, 4) is 0 Å². The zero-order valence-electron chi connectivity index (χ0n) is 8.97. The van der Waals surface area contributed by atoms with Gasteiger partial charge >= 0.3 is 17.9 Å². The smallest absolute Gasteiger partial charge is 0.346 e. The van der Waals surface area contributed by atoms with Crippen LogP contribution in [0.3, 0.4) is 0 Å². The van der Waals surface area contributed by atoms with Crippen molar-refractivity contribution in [3.63, 3.8) is 0 Å². The summed E-state index contributed by atoms with van der Waals surface area (Å²) in [5.41, 5.74) is -0.0812. The molecule has 18 heavy (non-hydrogen) atoms. The minimum atomic E-state index is -1.23. The quantitative estimate of drug-likeness (QED) is 0.609. The van der Waals surface area contributed by atoms with Gasteiger partial charge in [-0.1, -0.05) is 12.1 Å². The standard InChI is InChI=1S/C13H6O5/c14-11(15)9-5-8-6-2-1-3-7(8)12(16)18-13(17)10(9)4-6/h1-5H,(H,14,15). The van der Waals surface area contributed by atoms with Gasteiger partial charge in [0, 0.05) is 0 Å². The number of carboxylic acid groups (broad SMARTS) is 1. The summed E-state index contributed by atoms with van der Waals surface area (Å²) in [5, 5.41) is 10.2. The van der Waals surface area contributed by atoms with Crippen LogP contribution in [-0.2, 0) is 4.74 Å². The molecule has 0 atom stereocenters. The lowest BCUT2D eigenvalue weighted by Crippen LogP contribution is -2.19. The molecule has 0 radical (unpaired) electrons. The molecule has 0 aromatic heterocycles. The Morgan fingerprint density at radius 1 is 1.06 bits per heavy atom. The van der Waals surface area contributed by atoms with Crippen molar-refractivity contribution in [1.29, 1.82) is 0 Å². The molecule has 2 aromatic rings. The van der Waals surface area contributed by atoms with Gasteiger partial charge < -0.3 is 9.84 Å². The van der Waals surface area contributed by atoms with Crippen LogP contribution < -0.4 is 0 Å². The monoisotopic (exact) mass is 242 g/mol. The molecule has 0 fully saturated rings. The minimum absolute atomic E-state index is 0.111. The van der Waals surface area contributed by atoms with Gasteiger partial charge in [0.25, 0.3) is 0 Å². The van der Waals surface area contributed by atoms with Gasteiger partial charge in [0.05, 0.1) is 16.7 Å². The second kappa shape index (κ2) is 3.40. The van der Waals surface area contributed by atoms with Crippen LogP contribution in [0.15, 0.2) is 30.3 Å². The molecular formula is C13H6O5. The van der Waals surface area contributed by atoms with Crippen molar-refractivity contribution in [2.24, 2.45) is 0 Å². The summed E-state index contributed by atoms with van der Waals surface area (Å²) < 4.78 is 4.60. The van der Waals surface area contributed by atoms with E-state index in [9.17, 15) is 14.4 Å². The van der Waals surface area contributed by atoms with Gasteiger partial charge in [0.2, 0.25) is 0 Å². The highest BCUT2D eigenvalue weighted by atomic mass is 16.6. The predicted molar refractivity (Wildman–Crippen MR) is 60.7 cm³/mol. The number of carbonyl (C=O) groups excluding carboxylic acids is 2. The van der Waals surface area contributed by atoms with Crippen molar-refractivity contribution < 1.29 is 24.2 Å². The molecule has 2 heterocycles. The third-order valence-electron chi connectivity index (χ3n) is 2.87. The first-order chi connectivity index (χ1) is 8.58. The normalized spacial score (nSPS) is 13.6. The average Bonchev–Trinajstić information content (AvgIpc) is 2.35. The van der Waals surface area contributed by atoms with Crippen LogP contribution in [0, 0.1) is 0 Å². The molecule has 2 aromatic carbocycles. The molecule has 2 aliphatic heterocycles. The second-order valence-electron chi connectivity index (χ2n) is 3.91. The van der Waals surface area contributed by atoms with Crippen molar-refractivity contribution >= 4 is 28.7 Å². The Kier molecular flexibility index (Phi) is 1.98. The molecule has 0 spiro atoms. The summed E-state index contributed by atoms with van der Waals surface area (Å²) in [6, 6.07) is 7.62. The van der Waals surface area contributed by atoms with Crippen molar-refractivity contribution in [2.75, 3.05) is 0 Å². The Bertz CT molecular complexity index is 729. The number of carboxylic acids is 1. The van der Waals surface area contributed by atoms with E-state index in [1.807, 2.05) is 0 Å². The predicted octanol–water partition coefficient (Wildman–Crippen LogP) is 1.85. The fourth-order valence-electron chi connectivity index (χ4n) is 2.04. The molecule has 88 valence electrons. The number of ether oxygens (including phenoxy) is 1. The molecule has 0 saturated heterocycles. The molecule has 2 aliphatic rings. The molecule has 4 bridgehead atoms. The van der Waals surface area contributed by atoms with Gasteiger partial charge in [-0.25, -0.2) is 14.4 Å². The molecule has 1 N–H and O–H groups in total. The van der Waals surface area contributed by atoms with Gasteiger partial charge in [0.15, 0.2) is 0 Å². The maximum absolute atomic E-state index is 11.7. The maximum atomic E-state index is 11.7. The second-order valence-corrected chi connectivity index (χ2v) is 3.91. The lowest BCUT2D eigenvalue weighted by Gasteiger charge is -2.14. The van der Waals surface area contributed by atoms with E-state index in [2.05, 4.69) is 4.74 Å². The summed E-state index contributed by atoms with van der Waals surface area (Å²) in [7, 11) is 0. The highest BCUT2D eigenvalue weighted by molar-refractivity contribution is 6.17. The van der Waals surface area contributed by atoms with Crippen LogP contribution in [0.1, 0.15) is 31.1 Å². The minimum Gasteiger partial charge on any atom is -0.478 e. The summed E-state index contributed by atoms with van der Waals surface area (Å²) >= 11 is 0. The van der Waals surface area contributed by atoms with Crippen molar-refractivity contribution in [1.82, 2.24) is 0 Å². The molecule has 4 rings (SSSR count). The van der Waals surface area contributed by atoms with E-state index in [1.54, 1.807) is 12.1 Å². The number of carbonyl (C=O) groups is 3.